The second kappa shape index (κ2) is 25.2. The Kier molecular flexibility index (Phi) is 23.8. The lowest BCUT2D eigenvalue weighted by molar-refractivity contribution is -0.147. The zero-order chi connectivity index (χ0) is 28.3. The van der Waals surface area contributed by atoms with E-state index in [9.17, 15) is 19.4 Å². The zero-order valence-corrected chi connectivity index (χ0v) is 23.2. The van der Waals surface area contributed by atoms with Crippen LogP contribution in [-0.4, -0.2) is 64.8 Å². The molecular weight excluding hydrogens is 511 g/mol. The monoisotopic (exact) mass is 556 g/mol. The molecule has 0 aromatic rings. The van der Waals surface area contributed by atoms with Gasteiger partial charge in [-0.2, -0.15) is 0 Å². The maximum Gasteiger partial charge on any atom is 0.472 e. The lowest BCUT2D eigenvalue weighted by Crippen LogP contribution is -2.24. The third kappa shape index (κ3) is 25.5. The first kappa shape index (κ1) is 35.9. The molecule has 0 fully saturated rings. The first-order chi connectivity index (χ1) is 18.3. The molecule has 0 aromatic carbocycles. The van der Waals surface area contributed by atoms with Gasteiger partial charge in [0.1, 0.15) is 18.8 Å². The Labute approximate surface area is 227 Å². The van der Waals surface area contributed by atoms with Gasteiger partial charge < -0.3 is 24.9 Å². The molecule has 0 aliphatic heterocycles. The lowest BCUT2D eigenvalue weighted by Gasteiger charge is -2.16. The van der Waals surface area contributed by atoms with E-state index in [1.807, 2.05) is 12.2 Å². The van der Waals surface area contributed by atoms with Crippen molar-refractivity contribution in [3.8, 4) is 0 Å². The maximum absolute atomic E-state index is 11.7. The van der Waals surface area contributed by atoms with Gasteiger partial charge in [0.15, 0.2) is 0 Å². The summed E-state index contributed by atoms with van der Waals surface area (Å²) in [7, 11) is -4.51. The summed E-state index contributed by atoms with van der Waals surface area (Å²) < 4.78 is 25.4. The highest BCUT2D eigenvalue weighted by Gasteiger charge is 2.24. The van der Waals surface area contributed by atoms with Crippen molar-refractivity contribution >= 4 is 13.8 Å². The number of phosphoric ester groups is 1. The number of phosphoric acid groups is 1. The minimum atomic E-state index is -4.51. The van der Waals surface area contributed by atoms with Crippen LogP contribution >= 0.6 is 7.82 Å². The van der Waals surface area contributed by atoms with E-state index in [2.05, 4.69) is 76.7 Å². The standard InChI is InChI=1S/C28H45O9P/c1-2-3-4-5-6-7-8-9-10-11-12-13-14-15-16-17-18-19-20-21-28(32)35-23-27(31)25-37-38(33,34)36-24-26(30)22-29/h3-4,6-7,9-10,12-13,15-16,18-19,26-27,29-31H,2,5,8,11,14,17,20-25H2,1H3,(H,33,34)/b4-3-,7-6-,10-9-,13-12-,16-15-,19-18-/t26-,27+/m0/s1. The van der Waals surface area contributed by atoms with Crippen molar-refractivity contribution < 1.29 is 43.4 Å². The highest BCUT2D eigenvalue weighted by molar-refractivity contribution is 7.47. The molecule has 0 aliphatic carbocycles. The molecule has 0 heterocycles. The van der Waals surface area contributed by atoms with E-state index >= 15 is 0 Å². The molecule has 216 valence electrons. The molecule has 0 spiro atoms. The molecule has 1 unspecified atom stereocenters. The van der Waals surface area contributed by atoms with Gasteiger partial charge in [0.2, 0.25) is 0 Å². The summed E-state index contributed by atoms with van der Waals surface area (Å²) in [5, 5.41) is 27.4. The van der Waals surface area contributed by atoms with Crippen molar-refractivity contribution in [2.24, 2.45) is 0 Å². The smallest absolute Gasteiger partial charge is 0.463 e. The number of hydrogen-bond acceptors (Lipinski definition) is 8. The fourth-order valence-corrected chi connectivity index (χ4v) is 3.40. The molecule has 0 aliphatic rings. The van der Waals surface area contributed by atoms with Crippen LogP contribution in [0.5, 0.6) is 0 Å². The van der Waals surface area contributed by atoms with E-state index in [4.69, 9.17) is 14.9 Å². The third-order valence-corrected chi connectivity index (χ3v) is 5.57. The van der Waals surface area contributed by atoms with E-state index in [1.54, 1.807) is 0 Å². The van der Waals surface area contributed by atoms with Crippen molar-refractivity contribution in [3.63, 3.8) is 0 Å². The summed E-state index contributed by atoms with van der Waals surface area (Å²) in [6.45, 7) is -0.128. The van der Waals surface area contributed by atoms with Gasteiger partial charge in [-0.25, -0.2) is 4.57 Å². The molecule has 0 saturated carbocycles. The van der Waals surface area contributed by atoms with Gasteiger partial charge in [-0.3, -0.25) is 13.8 Å². The summed E-state index contributed by atoms with van der Waals surface area (Å²) in [6, 6.07) is 0. The van der Waals surface area contributed by atoms with Crippen molar-refractivity contribution in [1.29, 1.82) is 0 Å². The van der Waals surface area contributed by atoms with E-state index < -0.39 is 52.4 Å². The van der Waals surface area contributed by atoms with Gasteiger partial charge in [-0.05, 0) is 44.9 Å². The topological polar surface area (TPSA) is 143 Å². The van der Waals surface area contributed by atoms with Crippen LogP contribution in [-0.2, 0) is 23.1 Å². The summed E-state index contributed by atoms with van der Waals surface area (Å²) in [5.41, 5.74) is 0. The van der Waals surface area contributed by atoms with E-state index in [1.165, 1.54) is 0 Å². The van der Waals surface area contributed by atoms with E-state index in [0.717, 1.165) is 38.5 Å². The van der Waals surface area contributed by atoms with Crippen LogP contribution in [0.1, 0.15) is 58.3 Å². The number of rotatable bonds is 23. The Morgan fingerprint density at radius 3 is 1.58 bits per heavy atom. The molecule has 0 saturated heterocycles. The predicted octanol–water partition coefficient (Wildman–Crippen LogP) is 4.86. The number of carbonyl (C=O) groups is 1. The molecule has 0 bridgehead atoms. The molecule has 0 rings (SSSR count). The Morgan fingerprint density at radius 1 is 0.711 bits per heavy atom. The first-order valence-corrected chi connectivity index (χ1v) is 14.4. The molecule has 4 N–H and O–H groups in total. The van der Waals surface area contributed by atoms with Crippen LogP contribution in [0.25, 0.3) is 0 Å². The largest absolute Gasteiger partial charge is 0.472 e. The van der Waals surface area contributed by atoms with Crippen LogP contribution in [0, 0.1) is 0 Å². The van der Waals surface area contributed by atoms with Crippen molar-refractivity contribution in [1.82, 2.24) is 0 Å². The van der Waals surface area contributed by atoms with Gasteiger partial charge in [0, 0.05) is 6.42 Å². The van der Waals surface area contributed by atoms with Gasteiger partial charge in [-0.15, -0.1) is 0 Å². The molecule has 10 heteroatoms. The predicted molar refractivity (Wildman–Crippen MR) is 149 cm³/mol. The molecule has 38 heavy (non-hydrogen) atoms. The van der Waals surface area contributed by atoms with Crippen molar-refractivity contribution in [2.45, 2.75) is 70.5 Å². The van der Waals surface area contributed by atoms with Crippen molar-refractivity contribution in [3.05, 3.63) is 72.9 Å². The van der Waals surface area contributed by atoms with Gasteiger partial charge >= 0.3 is 13.8 Å². The average Bonchev–Trinajstić information content (AvgIpc) is 2.90. The van der Waals surface area contributed by atoms with Crippen LogP contribution in [0.15, 0.2) is 72.9 Å². The Hall–Kier alpha value is -2.10. The first-order valence-electron chi connectivity index (χ1n) is 12.9. The van der Waals surface area contributed by atoms with E-state index in [0.29, 0.717) is 6.42 Å². The van der Waals surface area contributed by atoms with Gasteiger partial charge in [-0.1, -0.05) is 79.8 Å². The van der Waals surface area contributed by atoms with Crippen LogP contribution in [0.2, 0.25) is 0 Å². The summed E-state index contributed by atoms with van der Waals surface area (Å²) in [5.74, 6) is -0.516. The molecular formula is C28H45O9P. The fraction of sp³-hybridized carbons (Fsp3) is 0.536. The zero-order valence-electron chi connectivity index (χ0n) is 22.3. The van der Waals surface area contributed by atoms with Gasteiger partial charge in [0.25, 0.3) is 0 Å². The fourth-order valence-electron chi connectivity index (χ4n) is 2.60. The highest BCUT2D eigenvalue weighted by Crippen LogP contribution is 2.43. The lowest BCUT2D eigenvalue weighted by atomic mass is 10.2. The second-order valence-electron chi connectivity index (χ2n) is 8.19. The Bertz CT molecular complexity index is 815. The average molecular weight is 557 g/mol. The van der Waals surface area contributed by atoms with E-state index in [-0.39, 0.29) is 6.42 Å². The Morgan fingerprint density at radius 2 is 1.13 bits per heavy atom. The highest BCUT2D eigenvalue weighted by atomic mass is 31.2. The molecule has 0 amide bonds. The molecule has 9 nitrogen and oxygen atoms in total. The molecule has 0 aromatic heterocycles. The number of carbonyl (C=O) groups excluding carboxylic acids is 1. The van der Waals surface area contributed by atoms with Crippen LogP contribution in [0.4, 0.5) is 0 Å². The SMILES string of the molecule is CC/C=C\C/C=C\C/C=C\C/C=C\C/C=C\C/C=C\CCC(=O)OC[C@@H](O)COP(=O)(O)OC[C@@H](O)CO. The minimum Gasteiger partial charge on any atom is -0.463 e. The van der Waals surface area contributed by atoms with Crippen LogP contribution < -0.4 is 0 Å². The Balaban J connectivity index is 3.79. The summed E-state index contributed by atoms with van der Waals surface area (Å²) >= 11 is 0. The minimum absolute atomic E-state index is 0.135. The molecule has 0 radical (unpaired) electrons. The number of esters is 1. The third-order valence-electron chi connectivity index (χ3n) is 4.62. The maximum atomic E-state index is 11.7. The van der Waals surface area contributed by atoms with Gasteiger partial charge in [0.05, 0.1) is 19.8 Å². The van der Waals surface area contributed by atoms with Crippen molar-refractivity contribution in [2.75, 3.05) is 26.4 Å². The molecule has 3 atom stereocenters. The normalized spacial score (nSPS) is 16.0. The summed E-state index contributed by atoms with van der Waals surface area (Å²) in [6.07, 6.45) is 28.8. The quantitative estimate of drug-likeness (QED) is 0.0788. The second-order valence-corrected chi connectivity index (χ2v) is 9.64. The number of ether oxygens (including phenoxy) is 1. The number of aliphatic hydroxyl groups is 3. The summed E-state index contributed by atoms with van der Waals surface area (Å²) in [4.78, 5) is 21.1. The van der Waals surface area contributed by atoms with Crippen LogP contribution in [0.3, 0.4) is 0 Å². The number of aliphatic hydroxyl groups excluding tert-OH is 3. The number of allylic oxidation sites excluding steroid dienone is 12. The number of hydrogen-bond donors (Lipinski definition) is 4.